The highest BCUT2D eigenvalue weighted by Crippen LogP contribution is 2.29. The zero-order chi connectivity index (χ0) is 13.7. The Morgan fingerprint density at radius 1 is 1.26 bits per heavy atom. The molecule has 19 heavy (non-hydrogen) atoms. The zero-order valence-electron chi connectivity index (χ0n) is 11.1. The molecule has 0 aliphatic heterocycles. The Morgan fingerprint density at radius 2 is 2.05 bits per heavy atom. The molecule has 0 radical (unpaired) electrons. The number of hydrogen-bond donors (Lipinski definition) is 1. The second-order valence-electron chi connectivity index (χ2n) is 4.32. The molecule has 0 spiro atoms. The van der Waals surface area contributed by atoms with Gasteiger partial charge in [0.25, 0.3) is 0 Å². The number of pyridine rings is 1. The molecule has 0 aliphatic carbocycles. The molecule has 4 heteroatoms. The Kier molecular flexibility index (Phi) is 5.25. The van der Waals surface area contributed by atoms with Crippen LogP contribution in [0, 0.1) is 6.92 Å². The molecule has 2 aromatic rings. The molecular weight excluding hydrogens is 276 g/mol. The Morgan fingerprint density at radius 3 is 2.68 bits per heavy atom. The van der Waals surface area contributed by atoms with Crippen LogP contribution < -0.4 is 5.32 Å². The van der Waals surface area contributed by atoms with Crippen LogP contribution in [0.3, 0.4) is 0 Å². The first-order chi connectivity index (χ1) is 9.20. The highest BCUT2D eigenvalue weighted by atomic mass is 35.5. The van der Waals surface area contributed by atoms with Crippen molar-refractivity contribution in [2.45, 2.75) is 17.9 Å². The molecular formula is C15H17ClN2S. The van der Waals surface area contributed by atoms with Crippen LogP contribution in [-0.2, 0) is 0 Å². The smallest absolute Gasteiger partial charge is 0.0541 e. The summed E-state index contributed by atoms with van der Waals surface area (Å²) in [5.74, 6) is 0.922. The van der Waals surface area contributed by atoms with Crippen molar-refractivity contribution in [3.05, 3.63) is 58.9 Å². The maximum absolute atomic E-state index is 6.16. The monoisotopic (exact) mass is 292 g/mol. The van der Waals surface area contributed by atoms with Crippen molar-refractivity contribution in [3.63, 3.8) is 0 Å². The topological polar surface area (TPSA) is 24.9 Å². The third kappa shape index (κ3) is 3.96. The molecule has 0 saturated carbocycles. The van der Waals surface area contributed by atoms with E-state index in [0.29, 0.717) is 0 Å². The molecule has 1 N–H and O–H groups in total. The summed E-state index contributed by atoms with van der Waals surface area (Å²) < 4.78 is 0. The molecule has 0 amide bonds. The van der Waals surface area contributed by atoms with Gasteiger partial charge in [-0.15, -0.1) is 11.8 Å². The van der Waals surface area contributed by atoms with Crippen LogP contribution in [0.25, 0.3) is 0 Å². The maximum Gasteiger partial charge on any atom is 0.0541 e. The summed E-state index contributed by atoms with van der Waals surface area (Å²) in [6.07, 6.45) is 1.93. The minimum Gasteiger partial charge on any atom is -0.312 e. The maximum atomic E-state index is 6.16. The van der Waals surface area contributed by atoms with Crippen LogP contribution in [0.1, 0.15) is 17.3 Å². The van der Waals surface area contributed by atoms with Crippen LogP contribution in [-0.4, -0.2) is 17.8 Å². The van der Waals surface area contributed by atoms with Crippen LogP contribution in [0.15, 0.2) is 47.5 Å². The average Bonchev–Trinajstić information content (AvgIpc) is 2.43. The normalized spacial score (nSPS) is 12.4. The number of halogens is 1. The highest BCUT2D eigenvalue weighted by Gasteiger charge is 2.11. The standard InChI is InChI=1S/C15H17ClN2S/c1-11-7-8-12(9-18-11)14(17-2)10-19-15-6-4-3-5-13(15)16/h3-9,14,17H,10H2,1-2H3. The lowest BCUT2D eigenvalue weighted by Gasteiger charge is -2.16. The summed E-state index contributed by atoms with van der Waals surface area (Å²) in [5.41, 5.74) is 2.24. The molecule has 1 aromatic carbocycles. The van der Waals surface area contributed by atoms with Gasteiger partial charge < -0.3 is 5.32 Å². The van der Waals surface area contributed by atoms with Gasteiger partial charge in [0.05, 0.1) is 5.02 Å². The fraction of sp³-hybridized carbons (Fsp3) is 0.267. The second-order valence-corrected chi connectivity index (χ2v) is 5.78. The lowest BCUT2D eigenvalue weighted by atomic mass is 10.1. The van der Waals surface area contributed by atoms with E-state index in [4.69, 9.17) is 11.6 Å². The first kappa shape index (κ1) is 14.4. The number of thioether (sulfide) groups is 1. The summed E-state index contributed by atoms with van der Waals surface area (Å²) in [4.78, 5) is 5.46. The molecule has 1 heterocycles. The number of rotatable bonds is 5. The highest BCUT2D eigenvalue weighted by molar-refractivity contribution is 7.99. The number of aromatic nitrogens is 1. The minimum absolute atomic E-state index is 0.273. The van der Waals surface area contributed by atoms with E-state index >= 15 is 0 Å². The van der Waals surface area contributed by atoms with Crippen molar-refractivity contribution in [1.29, 1.82) is 0 Å². The average molecular weight is 293 g/mol. The molecule has 0 aliphatic rings. The molecule has 2 nitrogen and oxygen atoms in total. The predicted octanol–water partition coefficient (Wildman–Crippen LogP) is 4.10. The van der Waals surface area contributed by atoms with E-state index in [1.807, 2.05) is 50.5 Å². The van der Waals surface area contributed by atoms with Gasteiger partial charge in [-0.05, 0) is 37.7 Å². The number of aryl methyl sites for hydroxylation is 1. The summed E-state index contributed by atoms with van der Waals surface area (Å²) in [7, 11) is 1.97. The second kappa shape index (κ2) is 6.94. The van der Waals surface area contributed by atoms with Gasteiger partial charge in [0.15, 0.2) is 0 Å². The van der Waals surface area contributed by atoms with Crippen molar-refractivity contribution in [1.82, 2.24) is 10.3 Å². The summed E-state index contributed by atoms with van der Waals surface area (Å²) >= 11 is 7.92. The number of nitrogens with one attached hydrogen (secondary N) is 1. The van der Waals surface area contributed by atoms with Crippen molar-refractivity contribution >= 4 is 23.4 Å². The first-order valence-corrected chi connectivity index (χ1v) is 7.54. The first-order valence-electron chi connectivity index (χ1n) is 6.18. The molecule has 1 atom stereocenters. The van der Waals surface area contributed by atoms with Crippen LogP contribution in [0.4, 0.5) is 0 Å². The predicted molar refractivity (Wildman–Crippen MR) is 83.0 cm³/mol. The molecule has 2 rings (SSSR count). The van der Waals surface area contributed by atoms with E-state index in [0.717, 1.165) is 21.4 Å². The Balaban J connectivity index is 2.04. The van der Waals surface area contributed by atoms with Crippen molar-refractivity contribution < 1.29 is 0 Å². The minimum atomic E-state index is 0.273. The summed E-state index contributed by atoms with van der Waals surface area (Å²) in [6, 6.07) is 12.4. The summed E-state index contributed by atoms with van der Waals surface area (Å²) in [6.45, 7) is 2.00. The SMILES string of the molecule is CNC(CSc1ccccc1Cl)c1ccc(C)nc1. The van der Waals surface area contributed by atoms with Gasteiger partial charge in [-0.3, -0.25) is 4.98 Å². The third-order valence-corrected chi connectivity index (χ3v) is 4.54. The van der Waals surface area contributed by atoms with E-state index in [9.17, 15) is 0 Å². The van der Waals surface area contributed by atoms with Crippen molar-refractivity contribution in [2.75, 3.05) is 12.8 Å². The van der Waals surface area contributed by atoms with Gasteiger partial charge in [-0.2, -0.15) is 0 Å². The van der Waals surface area contributed by atoms with Gasteiger partial charge in [0.2, 0.25) is 0 Å². The van der Waals surface area contributed by atoms with E-state index in [1.54, 1.807) is 11.8 Å². The van der Waals surface area contributed by atoms with E-state index in [2.05, 4.69) is 16.4 Å². The number of benzene rings is 1. The van der Waals surface area contributed by atoms with E-state index in [-0.39, 0.29) is 6.04 Å². The van der Waals surface area contributed by atoms with E-state index < -0.39 is 0 Å². The Hall–Kier alpha value is -1.03. The third-order valence-electron chi connectivity index (χ3n) is 2.93. The quantitative estimate of drug-likeness (QED) is 0.840. The largest absolute Gasteiger partial charge is 0.312 e. The molecule has 100 valence electrons. The van der Waals surface area contributed by atoms with Gasteiger partial charge in [0.1, 0.15) is 0 Å². The fourth-order valence-corrected chi connectivity index (χ4v) is 3.15. The van der Waals surface area contributed by atoms with Gasteiger partial charge in [0, 0.05) is 28.6 Å². The van der Waals surface area contributed by atoms with Crippen LogP contribution in [0.2, 0.25) is 5.02 Å². The summed E-state index contributed by atoms with van der Waals surface area (Å²) in [5, 5.41) is 4.13. The van der Waals surface area contributed by atoms with Crippen molar-refractivity contribution in [2.24, 2.45) is 0 Å². The number of hydrogen-bond acceptors (Lipinski definition) is 3. The molecule has 1 aromatic heterocycles. The van der Waals surface area contributed by atoms with Gasteiger partial charge in [-0.25, -0.2) is 0 Å². The lowest BCUT2D eigenvalue weighted by Crippen LogP contribution is -2.18. The number of nitrogens with zero attached hydrogens (tertiary/aromatic N) is 1. The van der Waals surface area contributed by atoms with E-state index in [1.165, 1.54) is 5.56 Å². The Bertz CT molecular complexity index is 528. The van der Waals surface area contributed by atoms with Gasteiger partial charge in [-0.1, -0.05) is 29.8 Å². The molecule has 0 bridgehead atoms. The zero-order valence-corrected chi connectivity index (χ0v) is 12.6. The Labute approximate surface area is 123 Å². The van der Waals surface area contributed by atoms with Crippen LogP contribution in [0.5, 0.6) is 0 Å². The molecule has 1 unspecified atom stereocenters. The fourth-order valence-electron chi connectivity index (χ4n) is 1.77. The lowest BCUT2D eigenvalue weighted by molar-refractivity contribution is 0.658. The molecule has 0 fully saturated rings. The van der Waals surface area contributed by atoms with Gasteiger partial charge >= 0.3 is 0 Å². The van der Waals surface area contributed by atoms with Crippen LogP contribution >= 0.6 is 23.4 Å². The van der Waals surface area contributed by atoms with Crippen molar-refractivity contribution in [3.8, 4) is 0 Å². The molecule has 0 saturated heterocycles.